The highest BCUT2D eigenvalue weighted by Crippen LogP contribution is 2.52. The number of likely N-dealkylation sites (N-methyl/N-ethyl adjacent to an activating group) is 1. The molecule has 0 saturated heterocycles. The molecule has 2 aromatic rings. The number of aromatic nitrogens is 2. The monoisotopic (exact) mass is 411 g/mol. The summed E-state index contributed by atoms with van der Waals surface area (Å²) < 4.78 is 28.2. The van der Waals surface area contributed by atoms with Crippen molar-refractivity contribution >= 4 is 17.8 Å². The number of nitrogens with zero attached hydrogens (tertiary/aromatic N) is 4. The number of rotatable bonds is 6. The van der Waals surface area contributed by atoms with Crippen molar-refractivity contribution in [1.82, 2.24) is 14.9 Å². The van der Waals surface area contributed by atoms with Gasteiger partial charge in [-0.1, -0.05) is 12.1 Å². The van der Waals surface area contributed by atoms with Crippen molar-refractivity contribution in [2.45, 2.75) is 37.0 Å². The van der Waals surface area contributed by atoms with E-state index in [0.29, 0.717) is 30.4 Å². The summed E-state index contributed by atoms with van der Waals surface area (Å²) in [7, 11) is 1.45. The van der Waals surface area contributed by atoms with Gasteiger partial charge in [-0.15, -0.1) is 0 Å². The van der Waals surface area contributed by atoms with Crippen LogP contribution in [-0.2, 0) is 10.5 Å². The summed E-state index contributed by atoms with van der Waals surface area (Å²) >= 11 is 0. The molecule has 2 aliphatic carbocycles. The molecule has 2 aliphatic rings. The third kappa shape index (κ3) is 3.99. The Morgan fingerprint density at radius 1 is 1.33 bits per heavy atom. The largest absolute Gasteiger partial charge is 0.332 e. The van der Waals surface area contributed by atoms with Gasteiger partial charge in [0.25, 0.3) is 5.91 Å². The lowest BCUT2D eigenvalue weighted by molar-refractivity contribution is -0.116. The van der Waals surface area contributed by atoms with E-state index >= 15 is 0 Å². The van der Waals surface area contributed by atoms with Crippen molar-refractivity contribution < 1.29 is 18.4 Å². The van der Waals surface area contributed by atoms with E-state index in [1.54, 1.807) is 12.1 Å². The number of hydrogen-bond donors (Lipinski definition) is 1. The second-order valence-corrected chi connectivity index (χ2v) is 7.74. The lowest BCUT2D eigenvalue weighted by Crippen LogP contribution is -2.35. The number of carbonyl (C=O) groups is 2. The number of carbonyl (C=O) groups excluding carboxylic acids is 2. The van der Waals surface area contributed by atoms with E-state index in [-0.39, 0.29) is 23.6 Å². The first-order valence-corrected chi connectivity index (χ1v) is 9.55. The van der Waals surface area contributed by atoms with Gasteiger partial charge in [-0.2, -0.15) is 5.26 Å². The van der Waals surface area contributed by atoms with E-state index in [2.05, 4.69) is 15.3 Å². The van der Waals surface area contributed by atoms with Crippen LogP contribution in [-0.4, -0.2) is 46.4 Å². The fourth-order valence-electron chi connectivity index (χ4n) is 3.33. The van der Waals surface area contributed by atoms with E-state index in [1.807, 2.05) is 6.07 Å². The summed E-state index contributed by atoms with van der Waals surface area (Å²) in [5.41, 5.74) is 0.133. The molecule has 30 heavy (non-hydrogen) atoms. The predicted octanol–water partition coefficient (Wildman–Crippen LogP) is 2.84. The first-order valence-electron chi connectivity index (χ1n) is 9.55. The third-order valence-corrected chi connectivity index (χ3v) is 5.36. The molecule has 0 aliphatic heterocycles. The molecule has 0 bridgehead atoms. The Morgan fingerprint density at radius 3 is 2.57 bits per heavy atom. The SMILES string of the molecule is CN(CC(=O)Nc1ncc(C#N)cn1)C(=O)c1ccc(C2(F)CC2)cc1C1CC1F. The molecule has 9 heteroatoms. The normalized spacial score (nSPS) is 20.7. The Morgan fingerprint density at radius 2 is 2.00 bits per heavy atom. The number of halogens is 2. The number of anilines is 1. The molecule has 0 spiro atoms. The van der Waals surface area contributed by atoms with Gasteiger partial charge in [0.05, 0.1) is 24.5 Å². The summed E-state index contributed by atoms with van der Waals surface area (Å²) in [5.74, 6) is -1.37. The summed E-state index contributed by atoms with van der Waals surface area (Å²) in [5, 5.41) is 11.2. The molecule has 2 fully saturated rings. The van der Waals surface area contributed by atoms with Crippen molar-refractivity contribution in [3.8, 4) is 6.07 Å². The summed E-state index contributed by atoms with van der Waals surface area (Å²) in [6.07, 6.45) is 2.67. The molecule has 1 aromatic carbocycles. The third-order valence-electron chi connectivity index (χ3n) is 5.36. The number of nitriles is 1. The fraction of sp³-hybridized carbons (Fsp3) is 0.381. The first kappa shape index (κ1) is 19.9. The van der Waals surface area contributed by atoms with E-state index in [4.69, 9.17) is 5.26 Å². The van der Waals surface area contributed by atoms with Crippen LogP contribution in [0.3, 0.4) is 0 Å². The quantitative estimate of drug-likeness (QED) is 0.788. The van der Waals surface area contributed by atoms with Gasteiger partial charge < -0.3 is 4.90 Å². The number of hydrogen-bond acceptors (Lipinski definition) is 5. The maximum absolute atomic E-state index is 14.4. The summed E-state index contributed by atoms with van der Waals surface area (Å²) in [6, 6.07) is 6.56. The topological polar surface area (TPSA) is 99.0 Å². The standard InChI is InChI=1S/C21H19F2N5O2/c1-28(11-18(29)27-20-25-9-12(8-24)10-26-20)19(30)14-3-2-13(21(23)4-5-21)6-15(14)16-7-17(16)22/h2-3,6,9-10,16-17H,4-5,7,11H2,1H3,(H,25,26,27,29). The van der Waals surface area contributed by atoms with Gasteiger partial charge in [0, 0.05) is 18.5 Å². The molecule has 1 N–H and O–H groups in total. The molecule has 4 rings (SSSR count). The second-order valence-electron chi connectivity index (χ2n) is 7.74. The van der Waals surface area contributed by atoms with Crippen molar-refractivity contribution in [3.63, 3.8) is 0 Å². The molecule has 7 nitrogen and oxygen atoms in total. The molecule has 0 radical (unpaired) electrons. The smallest absolute Gasteiger partial charge is 0.254 e. The van der Waals surface area contributed by atoms with Gasteiger partial charge in [0.1, 0.15) is 17.9 Å². The molecule has 1 aromatic heterocycles. The number of nitrogens with one attached hydrogen (secondary N) is 1. The Labute approximate surface area is 171 Å². The van der Waals surface area contributed by atoms with Crippen LogP contribution in [0.5, 0.6) is 0 Å². The average Bonchev–Trinajstić information content (AvgIpc) is 3.66. The zero-order valence-corrected chi connectivity index (χ0v) is 16.2. The highest BCUT2D eigenvalue weighted by Gasteiger charge is 2.47. The highest BCUT2D eigenvalue weighted by atomic mass is 19.1. The lowest BCUT2D eigenvalue weighted by Gasteiger charge is -2.19. The zero-order valence-electron chi connectivity index (χ0n) is 16.2. The molecule has 2 saturated carbocycles. The van der Waals surface area contributed by atoms with E-state index in [9.17, 15) is 18.4 Å². The molecule has 2 amide bonds. The van der Waals surface area contributed by atoms with Crippen LogP contribution in [0.2, 0.25) is 0 Å². The van der Waals surface area contributed by atoms with Crippen LogP contribution in [0.15, 0.2) is 30.6 Å². The number of alkyl halides is 2. The van der Waals surface area contributed by atoms with Gasteiger partial charge in [-0.3, -0.25) is 14.9 Å². The van der Waals surface area contributed by atoms with Crippen LogP contribution in [0.1, 0.15) is 52.2 Å². The average molecular weight is 411 g/mol. The van der Waals surface area contributed by atoms with Crippen molar-refractivity contribution in [2.75, 3.05) is 18.9 Å². The van der Waals surface area contributed by atoms with Crippen LogP contribution in [0.25, 0.3) is 0 Å². The van der Waals surface area contributed by atoms with E-state index in [0.717, 1.165) is 0 Å². The molecular formula is C21H19F2N5O2. The maximum Gasteiger partial charge on any atom is 0.254 e. The molecular weight excluding hydrogens is 392 g/mol. The van der Waals surface area contributed by atoms with E-state index < -0.39 is 29.6 Å². The second kappa shape index (κ2) is 7.44. The number of benzene rings is 1. The highest BCUT2D eigenvalue weighted by molar-refractivity contribution is 6.00. The van der Waals surface area contributed by atoms with E-state index in [1.165, 1.54) is 30.4 Å². The fourth-order valence-corrected chi connectivity index (χ4v) is 3.33. The van der Waals surface area contributed by atoms with Gasteiger partial charge in [0.15, 0.2) is 0 Å². The summed E-state index contributed by atoms with van der Waals surface area (Å²) in [6.45, 7) is -0.278. The van der Waals surface area contributed by atoms with Gasteiger partial charge in [0.2, 0.25) is 11.9 Å². The van der Waals surface area contributed by atoms with Gasteiger partial charge >= 0.3 is 0 Å². The molecule has 2 atom stereocenters. The molecule has 1 heterocycles. The zero-order chi connectivity index (χ0) is 21.5. The lowest BCUT2D eigenvalue weighted by atomic mass is 9.96. The van der Waals surface area contributed by atoms with Crippen LogP contribution in [0.4, 0.5) is 14.7 Å². The van der Waals surface area contributed by atoms with Gasteiger partial charge in [-0.05, 0) is 36.5 Å². The molecule has 2 unspecified atom stereocenters. The first-order chi connectivity index (χ1) is 14.3. The minimum Gasteiger partial charge on any atom is -0.332 e. The van der Waals surface area contributed by atoms with Crippen LogP contribution < -0.4 is 5.32 Å². The van der Waals surface area contributed by atoms with Crippen LogP contribution in [0, 0.1) is 11.3 Å². The predicted molar refractivity (Wildman–Crippen MR) is 103 cm³/mol. The van der Waals surface area contributed by atoms with Crippen molar-refractivity contribution in [1.29, 1.82) is 5.26 Å². The molecule has 154 valence electrons. The maximum atomic E-state index is 14.4. The minimum absolute atomic E-state index is 0.0146. The minimum atomic E-state index is -1.37. The summed E-state index contributed by atoms with van der Waals surface area (Å²) in [4.78, 5) is 34.0. The van der Waals surface area contributed by atoms with Crippen molar-refractivity contribution in [3.05, 3.63) is 52.8 Å². The van der Waals surface area contributed by atoms with Gasteiger partial charge in [-0.25, -0.2) is 18.7 Å². The van der Waals surface area contributed by atoms with Crippen molar-refractivity contribution in [2.24, 2.45) is 0 Å². The Kier molecular flexibility index (Phi) is 4.94. The Balaban J connectivity index is 1.46. The Bertz CT molecular complexity index is 1050. The Hall–Kier alpha value is -3.41. The number of amides is 2. The van der Waals surface area contributed by atoms with Crippen LogP contribution >= 0.6 is 0 Å².